The Bertz CT molecular complexity index is 925. The van der Waals surface area contributed by atoms with E-state index < -0.39 is 8.32 Å². The summed E-state index contributed by atoms with van der Waals surface area (Å²) in [5.41, 5.74) is -0.230. The van der Waals surface area contributed by atoms with Crippen molar-refractivity contribution in [2.75, 3.05) is 6.54 Å². The average molecular weight is 466 g/mol. The maximum Gasteiger partial charge on any atom is 0.261 e. The topological polar surface area (TPSA) is 38.8 Å². The van der Waals surface area contributed by atoms with Gasteiger partial charge in [0.2, 0.25) is 5.91 Å². The maximum absolute atomic E-state index is 13.2. The fourth-order valence-corrected chi connectivity index (χ4v) is 10.5. The van der Waals surface area contributed by atoms with Gasteiger partial charge in [-0.15, -0.1) is 0 Å². The zero-order valence-corrected chi connectivity index (χ0v) is 22.2. The Kier molecular flexibility index (Phi) is 6.36. The highest BCUT2D eigenvalue weighted by Crippen LogP contribution is 2.44. The molecule has 2 aliphatic rings. The highest BCUT2D eigenvalue weighted by molar-refractivity contribution is 6.99. The van der Waals surface area contributed by atoms with Crippen molar-refractivity contribution < 1.29 is 14.0 Å². The van der Waals surface area contributed by atoms with E-state index >= 15 is 0 Å². The standard InChI is InChI=1S/C28H39NO3Si/c1-20(24-25-23(31-27(2,3)4)18-19-29(25)26(24)30)32-33(28(5,6)7,21-14-10-8-11-15-21)22-16-12-9-13-17-22/h8-17,20,23-25H,18-19H2,1-7H3/t20-,23-,24-,25-/m0/s1. The fourth-order valence-electron chi connectivity index (χ4n) is 5.83. The fraction of sp³-hybridized carbons (Fsp3) is 0.536. The number of rotatable bonds is 6. The third-order valence-electron chi connectivity index (χ3n) is 7.12. The van der Waals surface area contributed by atoms with Crippen molar-refractivity contribution in [3.8, 4) is 0 Å². The van der Waals surface area contributed by atoms with Gasteiger partial charge in [0.25, 0.3) is 8.32 Å². The number of benzene rings is 2. The number of carbonyl (C=O) groups excluding carboxylic acids is 1. The SMILES string of the molecule is C[C@H](O[Si](c1ccccc1)(c1ccccc1)C(C)(C)C)[C@@H]1C(=O)N2CC[C@H](OC(C)(C)C)[C@@H]12. The van der Waals surface area contributed by atoms with Crippen molar-refractivity contribution in [3.05, 3.63) is 60.7 Å². The van der Waals surface area contributed by atoms with E-state index in [0.29, 0.717) is 0 Å². The zero-order valence-electron chi connectivity index (χ0n) is 21.2. The Labute approximate surface area is 200 Å². The van der Waals surface area contributed by atoms with Crippen LogP contribution < -0.4 is 10.4 Å². The molecular weight excluding hydrogens is 426 g/mol. The van der Waals surface area contributed by atoms with Gasteiger partial charge in [-0.2, -0.15) is 0 Å². The van der Waals surface area contributed by atoms with E-state index in [1.165, 1.54) is 10.4 Å². The highest BCUT2D eigenvalue weighted by atomic mass is 28.4. The van der Waals surface area contributed by atoms with E-state index in [1.54, 1.807) is 0 Å². The van der Waals surface area contributed by atoms with Gasteiger partial charge in [0.1, 0.15) is 0 Å². The monoisotopic (exact) mass is 465 g/mol. The van der Waals surface area contributed by atoms with Crippen LogP contribution in [0.5, 0.6) is 0 Å². The molecule has 33 heavy (non-hydrogen) atoms. The van der Waals surface area contributed by atoms with Crippen molar-refractivity contribution in [2.45, 2.75) is 83.8 Å². The van der Waals surface area contributed by atoms with E-state index in [1.807, 2.05) is 4.90 Å². The van der Waals surface area contributed by atoms with Gasteiger partial charge in [-0.05, 0) is 49.5 Å². The van der Waals surface area contributed by atoms with E-state index in [4.69, 9.17) is 9.16 Å². The minimum atomic E-state index is -2.71. The molecule has 2 heterocycles. The van der Waals surface area contributed by atoms with Gasteiger partial charge >= 0.3 is 0 Å². The summed E-state index contributed by atoms with van der Waals surface area (Å²) in [7, 11) is -2.71. The second kappa shape index (κ2) is 8.68. The summed E-state index contributed by atoms with van der Waals surface area (Å²) < 4.78 is 13.7. The molecule has 2 fully saturated rings. The van der Waals surface area contributed by atoms with Crippen LogP contribution in [-0.2, 0) is 14.0 Å². The number of amides is 1. The molecule has 4 atom stereocenters. The Morgan fingerprint density at radius 1 is 0.909 bits per heavy atom. The lowest BCUT2D eigenvalue weighted by molar-refractivity contribution is -0.171. The van der Waals surface area contributed by atoms with E-state index in [9.17, 15) is 4.79 Å². The summed E-state index contributed by atoms with van der Waals surface area (Å²) in [4.78, 5) is 15.2. The van der Waals surface area contributed by atoms with E-state index in [-0.39, 0.29) is 40.7 Å². The summed E-state index contributed by atoms with van der Waals surface area (Å²) >= 11 is 0. The van der Waals surface area contributed by atoms with Gasteiger partial charge in [-0.25, -0.2) is 0 Å². The molecule has 0 saturated carbocycles. The maximum atomic E-state index is 13.2. The number of fused-ring (bicyclic) bond motifs is 1. The first-order chi connectivity index (χ1) is 15.5. The molecule has 0 unspecified atom stereocenters. The predicted octanol–water partition coefficient (Wildman–Crippen LogP) is 4.37. The molecule has 5 heteroatoms. The molecule has 4 rings (SSSR count). The number of hydrogen-bond donors (Lipinski definition) is 0. The Morgan fingerprint density at radius 2 is 1.42 bits per heavy atom. The van der Waals surface area contributed by atoms with Gasteiger partial charge in [-0.1, -0.05) is 81.4 Å². The Morgan fingerprint density at radius 3 is 1.88 bits per heavy atom. The first-order valence-corrected chi connectivity index (χ1v) is 14.1. The molecule has 0 bridgehead atoms. The number of hydrogen-bond acceptors (Lipinski definition) is 3. The third-order valence-corrected chi connectivity index (χ3v) is 12.3. The summed E-state index contributed by atoms with van der Waals surface area (Å²) in [6.07, 6.45) is 0.767. The minimum absolute atomic E-state index is 0.0675. The van der Waals surface area contributed by atoms with Crippen LogP contribution in [0.3, 0.4) is 0 Å². The van der Waals surface area contributed by atoms with Crippen molar-refractivity contribution in [3.63, 3.8) is 0 Å². The third kappa shape index (κ3) is 4.31. The second-order valence-electron chi connectivity index (χ2n) is 11.6. The van der Waals surface area contributed by atoms with Crippen LogP contribution in [0.1, 0.15) is 54.9 Å². The number of ether oxygens (including phenoxy) is 1. The average Bonchev–Trinajstić information content (AvgIpc) is 3.08. The molecule has 1 amide bonds. The van der Waals surface area contributed by atoms with Crippen molar-refractivity contribution in [1.82, 2.24) is 4.90 Å². The summed E-state index contributed by atoms with van der Waals surface area (Å²) in [6.45, 7) is 16.0. The number of β-lactam (4-membered cyclic amide) rings is 1. The van der Waals surface area contributed by atoms with Gasteiger partial charge in [-0.3, -0.25) is 4.79 Å². The smallest absolute Gasteiger partial charge is 0.261 e. The quantitative estimate of drug-likeness (QED) is 0.470. The van der Waals surface area contributed by atoms with E-state index in [2.05, 4.69) is 109 Å². The lowest BCUT2D eigenvalue weighted by Gasteiger charge is -2.51. The first kappa shape index (κ1) is 24.2. The minimum Gasteiger partial charge on any atom is -0.404 e. The van der Waals surface area contributed by atoms with Crippen molar-refractivity contribution in [2.24, 2.45) is 5.92 Å². The predicted molar refractivity (Wildman–Crippen MR) is 136 cm³/mol. The molecule has 0 aromatic heterocycles. The molecule has 2 aliphatic heterocycles. The van der Waals surface area contributed by atoms with Gasteiger partial charge in [0.05, 0.1) is 29.8 Å². The van der Waals surface area contributed by atoms with Crippen LogP contribution in [0.15, 0.2) is 60.7 Å². The lowest BCUT2D eigenvalue weighted by Crippen LogP contribution is -2.71. The molecular formula is C28H39NO3Si. The molecule has 2 aromatic carbocycles. The van der Waals surface area contributed by atoms with Crippen molar-refractivity contribution >= 4 is 24.6 Å². The molecule has 0 aliphatic carbocycles. The van der Waals surface area contributed by atoms with Crippen LogP contribution in [0.25, 0.3) is 0 Å². The molecule has 2 aromatic rings. The highest BCUT2D eigenvalue weighted by Gasteiger charge is 2.60. The van der Waals surface area contributed by atoms with E-state index in [0.717, 1.165) is 13.0 Å². The molecule has 4 nitrogen and oxygen atoms in total. The molecule has 0 N–H and O–H groups in total. The summed E-state index contributed by atoms with van der Waals surface area (Å²) in [5, 5.41) is 2.37. The van der Waals surface area contributed by atoms with Crippen LogP contribution in [0.4, 0.5) is 0 Å². The summed E-state index contributed by atoms with van der Waals surface area (Å²) in [6, 6.07) is 21.4. The van der Waals surface area contributed by atoms with Crippen molar-refractivity contribution in [1.29, 1.82) is 0 Å². The zero-order chi connectivity index (χ0) is 24.0. The molecule has 0 spiro atoms. The van der Waals surface area contributed by atoms with Gasteiger partial charge in [0.15, 0.2) is 0 Å². The van der Waals surface area contributed by atoms with Gasteiger partial charge in [0, 0.05) is 6.54 Å². The van der Waals surface area contributed by atoms with Gasteiger partial charge < -0.3 is 14.1 Å². The van der Waals surface area contributed by atoms with Crippen LogP contribution in [0, 0.1) is 5.92 Å². The lowest BCUT2D eigenvalue weighted by atomic mass is 9.82. The second-order valence-corrected chi connectivity index (χ2v) is 15.8. The Balaban J connectivity index is 1.72. The molecule has 178 valence electrons. The summed E-state index contributed by atoms with van der Waals surface area (Å²) in [5.74, 6) is 0.0481. The normalized spacial score (nSPS) is 24.4. The van der Waals surface area contributed by atoms with Crippen LogP contribution >= 0.6 is 0 Å². The first-order valence-electron chi connectivity index (χ1n) is 12.2. The molecule has 0 radical (unpaired) electrons. The Hall–Kier alpha value is -1.95. The molecule has 2 saturated heterocycles. The van der Waals surface area contributed by atoms with Crippen LogP contribution in [-0.4, -0.2) is 49.5 Å². The van der Waals surface area contributed by atoms with Crippen LogP contribution in [0.2, 0.25) is 5.04 Å². The number of nitrogens with zero attached hydrogens (tertiary/aromatic N) is 1. The largest absolute Gasteiger partial charge is 0.404 e. The number of carbonyl (C=O) groups is 1.